The smallest absolute Gasteiger partial charge is 0.263 e. The Bertz CT molecular complexity index is 1070. The molecular weight excluding hydrogens is 399 g/mol. The van der Waals surface area contributed by atoms with Crippen LogP contribution in [-0.4, -0.2) is 34.3 Å². The van der Waals surface area contributed by atoms with Crippen molar-refractivity contribution in [1.82, 2.24) is 9.55 Å². The molecule has 0 saturated carbocycles. The summed E-state index contributed by atoms with van der Waals surface area (Å²) in [5.74, 6) is -0.531. The van der Waals surface area contributed by atoms with Crippen LogP contribution in [0.4, 0.5) is 4.39 Å². The van der Waals surface area contributed by atoms with Crippen molar-refractivity contribution >= 4 is 39.1 Å². The summed E-state index contributed by atoms with van der Waals surface area (Å²) in [7, 11) is 1.57. The molecule has 2 heterocycles. The summed E-state index contributed by atoms with van der Waals surface area (Å²) in [5, 5.41) is 0.630. The molecule has 5 nitrogen and oxygen atoms in total. The zero-order valence-corrected chi connectivity index (χ0v) is 17.7. The van der Waals surface area contributed by atoms with E-state index >= 15 is 0 Å². The summed E-state index contributed by atoms with van der Waals surface area (Å²) in [5.41, 5.74) is 1.25. The van der Waals surface area contributed by atoms with Crippen molar-refractivity contribution in [2.75, 3.05) is 13.7 Å². The van der Waals surface area contributed by atoms with Crippen LogP contribution in [0.3, 0.4) is 0 Å². The van der Waals surface area contributed by atoms with Crippen LogP contribution in [-0.2, 0) is 11.3 Å². The summed E-state index contributed by atoms with van der Waals surface area (Å²) in [6, 6.07) is 5.46. The molecule has 0 aliphatic rings. The first-order valence-electron chi connectivity index (χ1n) is 8.79. The maximum Gasteiger partial charge on any atom is 0.263 e. The van der Waals surface area contributed by atoms with Gasteiger partial charge in [0.25, 0.3) is 5.56 Å². The van der Waals surface area contributed by atoms with E-state index in [0.717, 1.165) is 10.4 Å². The molecule has 0 amide bonds. The predicted molar refractivity (Wildman–Crippen MR) is 111 cm³/mol. The molecule has 1 aromatic carbocycles. The minimum absolute atomic E-state index is 0.118. The monoisotopic (exact) mass is 420 g/mol. The van der Waals surface area contributed by atoms with Crippen LogP contribution in [0.1, 0.15) is 27.7 Å². The number of carbonyl (C=O) groups is 1. The number of aromatic nitrogens is 2. The molecule has 0 saturated heterocycles. The lowest BCUT2D eigenvalue weighted by Crippen LogP contribution is -2.26. The fourth-order valence-corrected chi connectivity index (χ4v) is 4.92. The average Bonchev–Trinajstić information content (AvgIpc) is 2.95. The highest BCUT2D eigenvalue weighted by atomic mass is 32.2. The van der Waals surface area contributed by atoms with Crippen LogP contribution in [0.2, 0.25) is 0 Å². The summed E-state index contributed by atoms with van der Waals surface area (Å²) in [6.45, 7) is 6.37. The third-order valence-corrected chi connectivity index (χ3v) is 6.74. The molecule has 3 rings (SSSR count). The van der Waals surface area contributed by atoms with Gasteiger partial charge in [-0.25, -0.2) is 9.37 Å². The quantitative estimate of drug-likeness (QED) is 0.325. The highest BCUT2D eigenvalue weighted by Gasteiger charge is 2.22. The van der Waals surface area contributed by atoms with E-state index in [1.807, 2.05) is 13.8 Å². The number of halogens is 1. The van der Waals surface area contributed by atoms with Crippen LogP contribution < -0.4 is 5.56 Å². The molecular formula is C20H21FN2O3S2. The number of nitrogens with zero attached hydrogens (tertiary/aromatic N) is 2. The second kappa shape index (κ2) is 8.55. The van der Waals surface area contributed by atoms with Crippen molar-refractivity contribution in [3.63, 3.8) is 0 Å². The topological polar surface area (TPSA) is 61.2 Å². The van der Waals surface area contributed by atoms with Crippen molar-refractivity contribution < 1.29 is 13.9 Å². The van der Waals surface area contributed by atoms with E-state index in [4.69, 9.17) is 4.74 Å². The van der Waals surface area contributed by atoms with E-state index < -0.39 is 5.25 Å². The molecule has 3 aromatic rings. The molecule has 2 aromatic heterocycles. The number of fused-ring (bicyclic) bond motifs is 1. The fourth-order valence-electron chi connectivity index (χ4n) is 2.84. The lowest BCUT2D eigenvalue weighted by atomic mass is 10.1. The fraction of sp³-hybridized carbons (Fsp3) is 0.350. The molecule has 148 valence electrons. The Kier molecular flexibility index (Phi) is 6.32. The third kappa shape index (κ3) is 4.04. The van der Waals surface area contributed by atoms with Gasteiger partial charge in [-0.15, -0.1) is 11.3 Å². The number of rotatable bonds is 7. The summed E-state index contributed by atoms with van der Waals surface area (Å²) < 4.78 is 19.8. The Morgan fingerprint density at radius 1 is 1.32 bits per heavy atom. The number of hydrogen-bond acceptors (Lipinski definition) is 6. The van der Waals surface area contributed by atoms with Crippen molar-refractivity contribution in [3.05, 3.63) is 56.4 Å². The van der Waals surface area contributed by atoms with Gasteiger partial charge in [-0.1, -0.05) is 11.8 Å². The summed E-state index contributed by atoms with van der Waals surface area (Å²) >= 11 is 2.71. The highest BCUT2D eigenvalue weighted by Crippen LogP contribution is 2.30. The van der Waals surface area contributed by atoms with Crippen LogP contribution >= 0.6 is 23.1 Å². The summed E-state index contributed by atoms with van der Waals surface area (Å²) in [6.07, 6.45) is 0. The molecule has 0 spiro atoms. The predicted octanol–water partition coefficient (Wildman–Crippen LogP) is 4.22. The zero-order valence-electron chi connectivity index (χ0n) is 16.1. The van der Waals surface area contributed by atoms with Crippen molar-refractivity contribution in [2.24, 2.45) is 0 Å². The van der Waals surface area contributed by atoms with Crippen LogP contribution in [0, 0.1) is 19.7 Å². The second-order valence-electron chi connectivity index (χ2n) is 6.44. The maximum absolute atomic E-state index is 13.1. The van der Waals surface area contributed by atoms with Gasteiger partial charge in [0.2, 0.25) is 0 Å². The van der Waals surface area contributed by atoms with E-state index in [-0.39, 0.29) is 17.2 Å². The molecule has 8 heteroatoms. The van der Waals surface area contributed by atoms with Gasteiger partial charge in [-0.2, -0.15) is 0 Å². The Morgan fingerprint density at radius 3 is 2.64 bits per heavy atom. The number of ether oxygens (including phenoxy) is 1. The molecule has 0 bridgehead atoms. The Morgan fingerprint density at radius 2 is 2.00 bits per heavy atom. The number of Topliss-reactive ketones (excluding diaryl/α,β-unsaturated/α-hetero) is 1. The number of benzene rings is 1. The Balaban J connectivity index is 1.99. The normalized spacial score (nSPS) is 12.5. The third-order valence-electron chi connectivity index (χ3n) is 4.55. The first kappa shape index (κ1) is 20.7. The van der Waals surface area contributed by atoms with Gasteiger partial charge in [0.15, 0.2) is 10.9 Å². The van der Waals surface area contributed by atoms with E-state index in [0.29, 0.717) is 34.1 Å². The highest BCUT2D eigenvalue weighted by molar-refractivity contribution is 8.00. The van der Waals surface area contributed by atoms with Gasteiger partial charge >= 0.3 is 0 Å². The van der Waals surface area contributed by atoms with Gasteiger partial charge < -0.3 is 4.74 Å². The van der Waals surface area contributed by atoms with Gasteiger partial charge in [0, 0.05) is 17.6 Å². The van der Waals surface area contributed by atoms with E-state index in [1.54, 1.807) is 18.6 Å². The second-order valence-corrected chi connectivity index (χ2v) is 8.95. The molecule has 28 heavy (non-hydrogen) atoms. The summed E-state index contributed by atoms with van der Waals surface area (Å²) in [4.78, 5) is 32.2. The number of carbonyl (C=O) groups excluding carboxylic acids is 1. The number of methoxy groups -OCH3 is 1. The van der Waals surface area contributed by atoms with Crippen LogP contribution in [0.5, 0.6) is 0 Å². The van der Waals surface area contributed by atoms with Gasteiger partial charge in [0.1, 0.15) is 10.6 Å². The molecule has 1 atom stereocenters. The minimum Gasteiger partial charge on any atom is -0.383 e. The van der Waals surface area contributed by atoms with Crippen molar-refractivity contribution in [2.45, 2.75) is 37.7 Å². The molecule has 0 N–H and O–H groups in total. The number of hydrogen-bond donors (Lipinski definition) is 0. The van der Waals surface area contributed by atoms with Crippen molar-refractivity contribution in [1.29, 1.82) is 0 Å². The molecule has 0 aliphatic carbocycles. The Labute approximate surface area is 170 Å². The number of thioether (sulfide) groups is 1. The molecule has 0 radical (unpaired) electrons. The maximum atomic E-state index is 13.1. The van der Waals surface area contributed by atoms with Gasteiger partial charge in [-0.3, -0.25) is 14.2 Å². The lowest BCUT2D eigenvalue weighted by molar-refractivity contribution is 0.0993. The zero-order chi connectivity index (χ0) is 20.4. The van der Waals surface area contributed by atoms with Gasteiger partial charge in [-0.05, 0) is 50.6 Å². The van der Waals surface area contributed by atoms with E-state index in [9.17, 15) is 14.0 Å². The van der Waals surface area contributed by atoms with E-state index in [2.05, 4.69) is 4.98 Å². The first-order valence-corrected chi connectivity index (χ1v) is 10.5. The standard InChI is InChI=1S/C20H21FN2O3S2/c1-11-12(2)27-18-16(11)19(25)23(9-10-26-4)20(22-18)28-13(3)17(24)14-5-7-15(21)8-6-14/h5-8,13H,9-10H2,1-4H3/t13-/m1/s1. The number of thiophene rings is 1. The van der Waals surface area contributed by atoms with E-state index in [1.165, 1.54) is 47.4 Å². The van der Waals surface area contributed by atoms with Crippen LogP contribution in [0.15, 0.2) is 34.2 Å². The SMILES string of the molecule is COCCn1c(S[C@H](C)C(=O)c2ccc(F)cc2)nc2sc(C)c(C)c2c1=O. The van der Waals surface area contributed by atoms with Gasteiger partial charge in [0.05, 0.1) is 23.8 Å². The minimum atomic E-state index is -0.481. The molecule has 0 fully saturated rings. The molecule has 0 aliphatic heterocycles. The van der Waals surface area contributed by atoms with Crippen LogP contribution in [0.25, 0.3) is 10.2 Å². The Hall–Kier alpha value is -2.03. The largest absolute Gasteiger partial charge is 0.383 e. The first-order chi connectivity index (χ1) is 13.3. The number of ketones is 1. The van der Waals surface area contributed by atoms with Crippen molar-refractivity contribution in [3.8, 4) is 0 Å². The average molecular weight is 421 g/mol. The molecule has 0 unspecified atom stereocenters. The lowest BCUT2D eigenvalue weighted by Gasteiger charge is -2.15. The number of aryl methyl sites for hydroxylation is 2.